The second kappa shape index (κ2) is 7.55. The number of nitrogens with one attached hydrogen (secondary N) is 1. The number of phenolic OH excluding ortho intramolecular Hbond substituents is 1. The highest BCUT2D eigenvalue weighted by molar-refractivity contribution is 9.10. The number of nitro benzene ring substituents is 1. The summed E-state index contributed by atoms with van der Waals surface area (Å²) in [6.07, 6.45) is 1.12. The van der Waals surface area contributed by atoms with Crippen molar-refractivity contribution in [1.29, 1.82) is 0 Å². The van der Waals surface area contributed by atoms with Crippen LogP contribution in [0.4, 0.5) is 5.69 Å². The summed E-state index contributed by atoms with van der Waals surface area (Å²) < 4.78 is 5.39. The van der Waals surface area contributed by atoms with Gasteiger partial charge in [0.05, 0.1) is 18.2 Å². The minimum atomic E-state index is -0.715. The van der Waals surface area contributed by atoms with Crippen molar-refractivity contribution in [2.45, 2.75) is 0 Å². The highest BCUT2D eigenvalue weighted by Gasteiger charge is 2.17. The number of carbonyl (C=O) groups excluding carboxylic acids is 1. The Morgan fingerprint density at radius 3 is 2.62 bits per heavy atom. The van der Waals surface area contributed by atoms with Crippen LogP contribution in [0.2, 0.25) is 0 Å². The topological polar surface area (TPSA) is 114 Å². The molecule has 0 aliphatic carbocycles. The lowest BCUT2D eigenvalue weighted by molar-refractivity contribution is -0.385. The molecule has 2 aromatic carbocycles. The molecule has 0 spiro atoms. The molecule has 124 valence electrons. The van der Waals surface area contributed by atoms with Crippen LogP contribution in [0.1, 0.15) is 15.9 Å². The van der Waals surface area contributed by atoms with Gasteiger partial charge in [-0.15, -0.1) is 0 Å². The highest BCUT2D eigenvalue weighted by Crippen LogP contribution is 2.32. The van der Waals surface area contributed by atoms with Gasteiger partial charge in [-0.2, -0.15) is 5.10 Å². The number of methoxy groups -OCH3 is 1. The number of rotatable bonds is 5. The van der Waals surface area contributed by atoms with Gasteiger partial charge in [-0.05, 0) is 30.3 Å². The van der Waals surface area contributed by atoms with Gasteiger partial charge in [0.15, 0.2) is 0 Å². The first-order valence-corrected chi connectivity index (χ1v) is 7.36. The summed E-state index contributed by atoms with van der Waals surface area (Å²) in [6, 6.07) is 8.98. The lowest BCUT2D eigenvalue weighted by Crippen LogP contribution is -2.17. The Bertz CT molecular complexity index is 806. The molecule has 0 aromatic heterocycles. The number of ether oxygens (including phenoxy) is 1. The number of nitro groups is 1. The van der Waals surface area contributed by atoms with E-state index in [0.29, 0.717) is 15.8 Å². The predicted molar refractivity (Wildman–Crippen MR) is 90.5 cm³/mol. The van der Waals surface area contributed by atoms with Crippen LogP contribution in [-0.4, -0.2) is 29.3 Å². The van der Waals surface area contributed by atoms with E-state index in [1.165, 1.54) is 19.2 Å². The van der Waals surface area contributed by atoms with E-state index >= 15 is 0 Å². The summed E-state index contributed by atoms with van der Waals surface area (Å²) in [6.45, 7) is 0. The molecule has 0 atom stereocenters. The molecule has 0 heterocycles. The Morgan fingerprint density at radius 2 is 2.04 bits per heavy atom. The fraction of sp³-hybridized carbons (Fsp3) is 0.0667. The molecule has 0 aliphatic rings. The van der Waals surface area contributed by atoms with Gasteiger partial charge in [-0.3, -0.25) is 14.9 Å². The average molecular weight is 394 g/mol. The van der Waals surface area contributed by atoms with E-state index in [1.54, 1.807) is 24.3 Å². The number of aromatic hydroxyl groups is 1. The molecular formula is C15H12BrN3O5. The van der Waals surface area contributed by atoms with Crippen LogP contribution >= 0.6 is 15.9 Å². The van der Waals surface area contributed by atoms with E-state index in [4.69, 9.17) is 4.74 Å². The number of benzene rings is 2. The standard InChI is InChI=1S/C15H12BrN3O5/c1-24-12-4-2-9(3-5-12)15(21)18-17-8-10-6-11(16)7-13(14(10)20)19(22)23/h2-8,20H,1H3,(H,18,21)/b17-8-. The van der Waals surface area contributed by atoms with Gasteiger partial charge in [-0.1, -0.05) is 15.9 Å². The summed E-state index contributed by atoms with van der Waals surface area (Å²) >= 11 is 3.11. The van der Waals surface area contributed by atoms with Crippen LogP contribution in [0, 0.1) is 10.1 Å². The van der Waals surface area contributed by atoms with Crippen molar-refractivity contribution in [1.82, 2.24) is 5.43 Å². The minimum absolute atomic E-state index is 0.0890. The Kier molecular flexibility index (Phi) is 5.48. The number of phenols is 1. The summed E-state index contributed by atoms with van der Waals surface area (Å²) in [4.78, 5) is 22.0. The van der Waals surface area contributed by atoms with Crippen LogP contribution in [0.5, 0.6) is 11.5 Å². The number of halogens is 1. The zero-order chi connectivity index (χ0) is 17.7. The van der Waals surface area contributed by atoms with Gasteiger partial charge in [-0.25, -0.2) is 5.43 Å². The first-order chi connectivity index (χ1) is 11.4. The van der Waals surface area contributed by atoms with Gasteiger partial charge in [0.1, 0.15) is 5.75 Å². The molecular weight excluding hydrogens is 382 g/mol. The molecule has 0 unspecified atom stereocenters. The summed E-state index contributed by atoms with van der Waals surface area (Å²) in [5, 5.41) is 24.4. The van der Waals surface area contributed by atoms with Gasteiger partial charge in [0.25, 0.3) is 5.91 Å². The number of amides is 1. The zero-order valence-electron chi connectivity index (χ0n) is 12.4. The number of carbonyl (C=O) groups is 1. The zero-order valence-corrected chi connectivity index (χ0v) is 14.0. The van der Waals surface area contributed by atoms with Gasteiger partial charge >= 0.3 is 5.69 Å². The molecule has 0 radical (unpaired) electrons. The molecule has 1 amide bonds. The Balaban J connectivity index is 2.13. The van der Waals surface area contributed by atoms with Gasteiger partial charge < -0.3 is 9.84 Å². The Labute approximate surface area is 145 Å². The first-order valence-electron chi connectivity index (χ1n) is 6.56. The average Bonchev–Trinajstić information content (AvgIpc) is 2.57. The molecule has 2 aromatic rings. The fourth-order valence-electron chi connectivity index (χ4n) is 1.81. The molecule has 0 saturated heterocycles. The van der Waals surface area contributed by atoms with Crippen LogP contribution in [0.15, 0.2) is 46.0 Å². The van der Waals surface area contributed by atoms with E-state index in [2.05, 4.69) is 26.5 Å². The molecule has 0 fully saturated rings. The highest BCUT2D eigenvalue weighted by atomic mass is 79.9. The third-order valence-corrected chi connectivity index (χ3v) is 3.46. The SMILES string of the molecule is COc1ccc(C(=O)N/N=C\c2cc(Br)cc([N+](=O)[O-])c2O)cc1. The van der Waals surface area contributed by atoms with Gasteiger partial charge in [0, 0.05) is 21.7 Å². The van der Waals surface area contributed by atoms with E-state index in [9.17, 15) is 20.0 Å². The predicted octanol–water partition coefficient (Wildman–Crippen LogP) is 2.84. The Hall–Kier alpha value is -2.94. The van der Waals surface area contributed by atoms with Crippen molar-refractivity contribution in [3.63, 3.8) is 0 Å². The normalized spacial score (nSPS) is 10.6. The van der Waals surface area contributed by atoms with E-state index in [1.807, 2.05) is 0 Å². The van der Waals surface area contributed by atoms with E-state index in [-0.39, 0.29) is 5.56 Å². The third kappa shape index (κ3) is 4.07. The maximum Gasteiger partial charge on any atom is 0.312 e. The molecule has 0 saturated carbocycles. The summed E-state index contributed by atoms with van der Waals surface area (Å²) in [5.41, 5.74) is 2.26. The summed E-state index contributed by atoms with van der Waals surface area (Å²) in [5.74, 6) is -0.398. The van der Waals surface area contributed by atoms with Crippen LogP contribution in [-0.2, 0) is 0 Å². The molecule has 2 N–H and O–H groups in total. The van der Waals surface area contributed by atoms with Crippen LogP contribution in [0.3, 0.4) is 0 Å². The largest absolute Gasteiger partial charge is 0.502 e. The monoisotopic (exact) mass is 393 g/mol. The molecule has 0 aliphatic heterocycles. The number of hydrogen-bond donors (Lipinski definition) is 2. The molecule has 8 nitrogen and oxygen atoms in total. The maximum atomic E-state index is 11.9. The summed E-state index contributed by atoms with van der Waals surface area (Å²) in [7, 11) is 1.52. The van der Waals surface area contributed by atoms with Crippen molar-refractivity contribution < 1.29 is 19.6 Å². The lowest BCUT2D eigenvalue weighted by Gasteiger charge is -2.03. The minimum Gasteiger partial charge on any atom is -0.502 e. The number of hydrazone groups is 1. The number of nitrogens with zero attached hydrogens (tertiary/aromatic N) is 2. The van der Waals surface area contributed by atoms with E-state index in [0.717, 1.165) is 6.21 Å². The third-order valence-electron chi connectivity index (χ3n) is 3.00. The Morgan fingerprint density at radius 1 is 1.38 bits per heavy atom. The van der Waals surface area contributed by atoms with Gasteiger partial charge in [0.2, 0.25) is 5.75 Å². The molecule has 0 bridgehead atoms. The molecule has 9 heteroatoms. The van der Waals surface area contributed by atoms with Crippen molar-refractivity contribution >= 4 is 33.7 Å². The van der Waals surface area contributed by atoms with Crippen molar-refractivity contribution in [2.75, 3.05) is 7.11 Å². The molecule has 24 heavy (non-hydrogen) atoms. The smallest absolute Gasteiger partial charge is 0.312 e. The lowest BCUT2D eigenvalue weighted by atomic mass is 10.2. The van der Waals surface area contributed by atoms with Crippen LogP contribution < -0.4 is 10.2 Å². The maximum absolute atomic E-state index is 11.9. The second-order valence-corrected chi connectivity index (χ2v) is 5.46. The first kappa shape index (κ1) is 17.4. The van der Waals surface area contributed by atoms with Crippen molar-refractivity contribution in [2.24, 2.45) is 5.10 Å². The number of hydrogen-bond acceptors (Lipinski definition) is 6. The van der Waals surface area contributed by atoms with Crippen LogP contribution in [0.25, 0.3) is 0 Å². The van der Waals surface area contributed by atoms with Crippen molar-refractivity contribution in [3.05, 3.63) is 62.1 Å². The second-order valence-electron chi connectivity index (χ2n) is 4.55. The molecule has 2 rings (SSSR count). The van der Waals surface area contributed by atoms with E-state index < -0.39 is 22.3 Å². The van der Waals surface area contributed by atoms with Crippen molar-refractivity contribution in [3.8, 4) is 11.5 Å². The quantitative estimate of drug-likeness (QED) is 0.460. The fourth-order valence-corrected chi connectivity index (χ4v) is 2.27.